The number of aromatic nitrogens is 1. The lowest BCUT2D eigenvalue weighted by molar-refractivity contribution is -0.116. The van der Waals surface area contributed by atoms with E-state index < -0.39 is 11.9 Å². The highest BCUT2D eigenvalue weighted by molar-refractivity contribution is 6.17. The van der Waals surface area contributed by atoms with E-state index >= 15 is 0 Å². The van der Waals surface area contributed by atoms with Gasteiger partial charge >= 0.3 is 11.9 Å². The summed E-state index contributed by atoms with van der Waals surface area (Å²) in [6, 6.07) is 19.7. The fourth-order valence-corrected chi connectivity index (χ4v) is 4.03. The zero-order valence-corrected chi connectivity index (χ0v) is 19.2. The number of hydrogen-bond acceptors (Lipinski definition) is 5. The maximum absolute atomic E-state index is 13.0. The van der Waals surface area contributed by atoms with Crippen LogP contribution in [-0.2, 0) is 16.0 Å². The molecule has 35 heavy (non-hydrogen) atoms. The first-order chi connectivity index (χ1) is 16.9. The number of hydrogen-bond donors (Lipinski definition) is 3. The molecule has 0 radical (unpaired) electrons. The van der Waals surface area contributed by atoms with Gasteiger partial charge in [-0.05, 0) is 55.3 Å². The standard InChI is InChI=1S/C27H25N3O5/c1-2-35-27(34)25-21(29-23(31)14-11-17-7-6-8-18(28)15-17)12-13-22-24(25)20(26(32)33)16-30(22)19-9-4-3-5-10-19/h3-10,12-13,15-16H,2,11,14,28H2,1H3,(H,29,31)(H,32,33). The van der Waals surface area contributed by atoms with Crippen molar-refractivity contribution in [1.29, 1.82) is 0 Å². The van der Waals surface area contributed by atoms with Crippen LogP contribution in [0, 0.1) is 0 Å². The monoisotopic (exact) mass is 471 g/mol. The molecule has 3 aromatic carbocycles. The molecule has 1 aromatic heterocycles. The fraction of sp³-hybridized carbons (Fsp3) is 0.148. The number of anilines is 2. The van der Waals surface area contributed by atoms with Gasteiger partial charge in [0.1, 0.15) is 0 Å². The summed E-state index contributed by atoms with van der Waals surface area (Å²) in [5.74, 6) is -2.23. The Bertz CT molecular complexity index is 1410. The Labute approximate surface area is 201 Å². The topological polar surface area (TPSA) is 124 Å². The summed E-state index contributed by atoms with van der Waals surface area (Å²) in [6.07, 6.45) is 2.08. The van der Waals surface area contributed by atoms with Crippen LogP contribution < -0.4 is 11.1 Å². The third-order valence-electron chi connectivity index (χ3n) is 5.58. The molecule has 4 rings (SSSR count). The Hall–Kier alpha value is -4.59. The zero-order chi connectivity index (χ0) is 24.9. The van der Waals surface area contributed by atoms with Crippen LogP contribution in [0.4, 0.5) is 11.4 Å². The van der Waals surface area contributed by atoms with E-state index in [2.05, 4.69) is 5.32 Å². The van der Waals surface area contributed by atoms with Gasteiger partial charge in [0, 0.05) is 29.4 Å². The number of esters is 1. The van der Waals surface area contributed by atoms with Gasteiger partial charge in [0.15, 0.2) is 0 Å². The lowest BCUT2D eigenvalue weighted by Crippen LogP contribution is -2.17. The van der Waals surface area contributed by atoms with Gasteiger partial charge in [-0.15, -0.1) is 0 Å². The average Bonchev–Trinajstić information content (AvgIpc) is 3.23. The van der Waals surface area contributed by atoms with E-state index in [1.54, 1.807) is 35.8 Å². The van der Waals surface area contributed by atoms with Crippen molar-refractivity contribution in [3.63, 3.8) is 0 Å². The molecule has 1 amide bonds. The minimum atomic E-state index is -1.19. The second kappa shape index (κ2) is 10.1. The minimum Gasteiger partial charge on any atom is -0.478 e. The van der Waals surface area contributed by atoms with Crippen molar-refractivity contribution in [2.45, 2.75) is 19.8 Å². The van der Waals surface area contributed by atoms with Gasteiger partial charge in [0.25, 0.3) is 0 Å². The minimum absolute atomic E-state index is 0.00809. The number of para-hydroxylation sites is 1. The van der Waals surface area contributed by atoms with Gasteiger partial charge in [-0.25, -0.2) is 9.59 Å². The Balaban J connectivity index is 1.76. The summed E-state index contributed by atoms with van der Waals surface area (Å²) in [7, 11) is 0. The first-order valence-electron chi connectivity index (χ1n) is 11.2. The molecule has 0 aliphatic carbocycles. The number of aromatic carboxylic acids is 1. The molecule has 0 unspecified atom stereocenters. The van der Waals surface area contributed by atoms with Gasteiger partial charge in [0.2, 0.25) is 5.91 Å². The number of nitrogen functional groups attached to an aromatic ring is 1. The molecule has 1 heterocycles. The Morgan fingerprint density at radius 2 is 1.80 bits per heavy atom. The third kappa shape index (κ3) is 5.01. The molecule has 0 saturated carbocycles. The summed E-state index contributed by atoms with van der Waals surface area (Å²) >= 11 is 0. The highest BCUT2D eigenvalue weighted by atomic mass is 16.5. The number of carbonyl (C=O) groups excluding carboxylic acids is 2. The lowest BCUT2D eigenvalue weighted by Gasteiger charge is -2.13. The third-order valence-corrected chi connectivity index (χ3v) is 5.58. The first kappa shape index (κ1) is 23.6. The van der Waals surface area contributed by atoms with E-state index in [1.165, 1.54) is 6.20 Å². The van der Waals surface area contributed by atoms with Crippen LogP contribution in [0.2, 0.25) is 0 Å². The van der Waals surface area contributed by atoms with Crippen LogP contribution in [-0.4, -0.2) is 34.1 Å². The van der Waals surface area contributed by atoms with Crippen molar-refractivity contribution in [3.8, 4) is 5.69 Å². The highest BCUT2D eigenvalue weighted by Gasteiger charge is 2.26. The first-order valence-corrected chi connectivity index (χ1v) is 11.2. The smallest absolute Gasteiger partial charge is 0.340 e. The fourth-order valence-electron chi connectivity index (χ4n) is 4.03. The van der Waals surface area contributed by atoms with Gasteiger partial charge in [-0.3, -0.25) is 4.79 Å². The molecule has 8 heteroatoms. The number of amides is 1. The molecule has 4 aromatic rings. The molecule has 0 atom stereocenters. The maximum atomic E-state index is 13.0. The van der Waals surface area contributed by atoms with E-state index in [0.29, 0.717) is 17.6 Å². The largest absolute Gasteiger partial charge is 0.478 e. The number of aryl methyl sites for hydroxylation is 1. The molecule has 0 bridgehead atoms. The predicted octanol–water partition coefficient (Wildman–Crippen LogP) is 4.66. The predicted molar refractivity (Wildman–Crippen MR) is 134 cm³/mol. The quantitative estimate of drug-likeness (QED) is 0.254. The molecule has 0 spiro atoms. The number of benzene rings is 3. The SMILES string of the molecule is CCOC(=O)c1c(NC(=O)CCc2cccc(N)c2)ccc2c1c(C(=O)O)cn2-c1ccccc1. The number of nitrogens with one attached hydrogen (secondary N) is 1. The molecule has 8 nitrogen and oxygen atoms in total. The second-order valence-electron chi connectivity index (χ2n) is 7.95. The number of fused-ring (bicyclic) bond motifs is 1. The molecule has 4 N–H and O–H groups in total. The van der Waals surface area contributed by atoms with Gasteiger partial charge in [-0.2, -0.15) is 0 Å². The number of carboxylic acid groups (broad SMARTS) is 1. The Morgan fingerprint density at radius 1 is 1.03 bits per heavy atom. The summed E-state index contributed by atoms with van der Waals surface area (Å²) < 4.78 is 6.95. The summed E-state index contributed by atoms with van der Waals surface area (Å²) in [5.41, 5.74) is 8.71. The number of carbonyl (C=O) groups is 3. The van der Waals surface area contributed by atoms with E-state index in [-0.39, 0.29) is 41.1 Å². The number of rotatable bonds is 8. The Kier molecular flexibility index (Phi) is 6.82. The van der Waals surface area contributed by atoms with Gasteiger partial charge in [-0.1, -0.05) is 30.3 Å². The number of nitrogens with zero attached hydrogens (tertiary/aromatic N) is 1. The van der Waals surface area contributed by atoms with E-state index in [9.17, 15) is 19.5 Å². The normalized spacial score (nSPS) is 10.8. The van der Waals surface area contributed by atoms with Crippen molar-refractivity contribution >= 4 is 40.1 Å². The second-order valence-corrected chi connectivity index (χ2v) is 7.95. The van der Waals surface area contributed by atoms with Crippen LogP contribution in [0.25, 0.3) is 16.6 Å². The summed E-state index contributed by atoms with van der Waals surface area (Å²) in [5, 5.41) is 12.9. The highest BCUT2D eigenvalue weighted by Crippen LogP contribution is 2.33. The maximum Gasteiger partial charge on any atom is 0.340 e. The number of carboxylic acids is 1. The van der Waals surface area contributed by atoms with Crippen LogP contribution >= 0.6 is 0 Å². The molecular weight excluding hydrogens is 446 g/mol. The van der Waals surface area contributed by atoms with Crippen molar-refractivity contribution in [2.24, 2.45) is 0 Å². The summed E-state index contributed by atoms with van der Waals surface area (Å²) in [6.45, 7) is 1.76. The molecule has 0 fully saturated rings. The number of nitrogens with two attached hydrogens (primary N) is 1. The van der Waals surface area contributed by atoms with Crippen molar-refractivity contribution in [1.82, 2.24) is 4.57 Å². The lowest BCUT2D eigenvalue weighted by atomic mass is 10.0. The van der Waals surface area contributed by atoms with Gasteiger partial charge < -0.3 is 25.5 Å². The average molecular weight is 472 g/mol. The van der Waals surface area contributed by atoms with Gasteiger partial charge in [0.05, 0.1) is 28.9 Å². The molecule has 0 aliphatic heterocycles. The number of ether oxygens (including phenoxy) is 1. The van der Waals surface area contributed by atoms with Crippen molar-refractivity contribution in [2.75, 3.05) is 17.7 Å². The summed E-state index contributed by atoms with van der Waals surface area (Å²) in [4.78, 5) is 37.9. The van der Waals surface area contributed by atoms with Crippen molar-refractivity contribution < 1.29 is 24.2 Å². The van der Waals surface area contributed by atoms with Crippen LogP contribution in [0.15, 0.2) is 72.9 Å². The van der Waals surface area contributed by atoms with E-state index in [0.717, 1.165) is 11.3 Å². The molecule has 178 valence electrons. The Morgan fingerprint density at radius 3 is 2.49 bits per heavy atom. The van der Waals surface area contributed by atoms with E-state index in [1.807, 2.05) is 42.5 Å². The van der Waals surface area contributed by atoms with Crippen molar-refractivity contribution in [3.05, 3.63) is 89.6 Å². The van der Waals surface area contributed by atoms with E-state index in [4.69, 9.17) is 10.5 Å². The van der Waals surface area contributed by atoms with Crippen LogP contribution in [0.1, 0.15) is 39.6 Å². The molecule has 0 saturated heterocycles. The van der Waals surface area contributed by atoms with Crippen LogP contribution in [0.3, 0.4) is 0 Å². The zero-order valence-electron chi connectivity index (χ0n) is 19.2. The molecule has 0 aliphatic rings. The van der Waals surface area contributed by atoms with Crippen LogP contribution in [0.5, 0.6) is 0 Å². The molecular formula is C27H25N3O5.